The number of hydrogen-bond acceptors (Lipinski definition) is 3. The van der Waals surface area contributed by atoms with Crippen LogP contribution in [0.1, 0.15) is 51.2 Å². The third kappa shape index (κ3) is 3.05. The Morgan fingerprint density at radius 1 is 1.25 bits per heavy atom. The first-order valence-electron chi connectivity index (χ1n) is 7.52. The molecule has 1 aromatic rings. The lowest BCUT2D eigenvalue weighted by molar-refractivity contribution is -0.0982. The van der Waals surface area contributed by atoms with Crippen molar-refractivity contribution in [3.63, 3.8) is 0 Å². The summed E-state index contributed by atoms with van der Waals surface area (Å²) in [6.07, 6.45) is 4.33. The molecule has 1 saturated carbocycles. The Bertz CT molecular complexity index is 424. The molecule has 1 aliphatic rings. The maximum absolute atomic E-state index is 5.76. The van der Waals surface area contributed by atoms with Gasteiger partial charge in [-0.15, -0.1) is 0 Å². The molecule has 0 radical (unpaired) electrons. The third-order valence-electron chi connectivity index (χ3n) is 4.70. The Morgan fingerprint density at radius 2 is 1.85 bits per heavy atom. The third-order valence-corrected chi connectivity index (χ3v) is 4.70. The lowest BCUT2D eigenvalue weighted by Gasteiger charge is -2.46. The van der Waals surface area contributed by atoms with Gasteiger partial charge in [0.15, 0.2) is 0 Å². The van der Waals surface area contributed by atoms with Crippen LogP contribution in [0, 0.1) is 0 Å². The summed E-state index contributed by atoms with van der Waals surface area (Å²) in [7, 11) is 1.80. The molecule has 0 saturated heterocycles. The van der Waals surface area contributed by atoms with Gasteiger partial charge in [-0.1, -0.05) is 45.0 Å². The fourth-order valence-corrected chi connectivity index (χ4v) is 2.99. The topological polar surface area (TPSA) is 47.3 Å². The van der Waals surface area contributed by atoms with Crippen molar-refractivity contribution < 1.29 is 4.74 Å². The fourth-order valence-electron chi connectivity index (χ4n) is 2.99. The second-order valence-electron chi connectivity index (χ2n) is 6.99. The zero-order valence-electron chi connectivity index (χ0n) is 13.2. The SMILES string of the molecule is COC1(C(Cc2ccc(C(C)(C)C)cc2)NN)CCC1. The monoisotopic (exact) mass is 276 g/mol. The van der Waals surface area contributed by atoms with Crippen molar-refractivity contribution in [3.8, 4) is 0 Å². The normalized spacial score (nSPS) is 19.4. The number of methoxy groups -OCH3 is 1. The molecule has 1 unspecified atom stereocenters. The highest BCUT2D eigenvalue weighted by Crippen LogP contribution is 2.39. The van der Waals surface area contributed by atoms with E-state index in [1.54, 1.807) is 7.11 Å². The minimum Gasteiger partial charge on any atom is -0.377 e. The van der Waals surface area contributed by atoms with Crippen LogP contribution in [0.15, 0.2) is 24.3 Å². The summed E-state index contributed by atoms with van der Waals surface area (Å²) in [5, 5.41) is 0. The average molecular weight is 276 g/mol. The van der Waals surface area contributed by atoms with Crippen LogP contribution in [0.5, 0.6) is 0 Å². The van der Waals surface area contributed by atoms with E-state index in [0.29, 0.717) is 0 Å². The first-order chi connectivity index (χ1) is 9.41. The molecule has 3 nitrogen and oxygen atoms in total. The summed E-state index contributed by atoms with van der Waals surface area (Å²) in [6, 6.07) is 9.06. The molecule has 3 heteroatoms. The van der Waals surface area contributed by atoms with E-state index in [1.807, 2.05) is 0 Å². The first-order valence-corrected chi connectivity index (χ1v) is 7.52. The molecule has 0 aromatic heterocycles. The number of hydrogen-bond donors (Lipinski definition) is 2. The smallest absolute Gasteiger partial charge is 0.0847 e. The Balaban J connectivity index is 2.08. The largest absolute Gasteiger partial charge is 0.377 e. The highest BCUT2D eigenvalue weighted by molar-refractivity contribution is 5.28. The summed E-state index contributed by atoms with van der Waals surface area (Å²) in [5.74, 6) is 5.76. The molecule has 1 atom stereocenters. The zero-order valence-corrected chi connectivity index (χ0v) is 13.2. The van der Waals surface area contributed by atoms with Crippen LogP contribution < -0.4 is 11.3 Å². The van der Waals surface area contributed by atoms with Crippen LogP contribution in [0.25, 0.3) is 0 Å². The minimum atomic E-state index is -0.0720. The Morgan fingerprint density at radius 3 is 2.20 bits per heavy atom. The molecule has 1 aromatic carbocycles. The average Bonchev–Trinajstić information content (AvgIpc) is 2.36. The highest BCUT2D eigenvalue weighted by Gasteiger charge is 2.43. The number of benzene rings is 1. The van der Waals surface area contributed by atoms with Gasteiger partial charge in [0.2, 0.25) is 0 Å². The van der Waals surface area contributed by atoms with E-state index in [4.69, 9.17) is 10.6 Å². The Kier molecular flexibility index (Phi) is 4.52. The van der Waals surface area contributed by atoms with Crippen LogP contribution in [-0.4, -0.2) is 18.8 Å². The van der Waals surface area contributed by atoms with Gasteiger partial charge in [-0.3, -0.25) is 11.3 Å². The van der Waals surface area contributed by atoms with Gasteiger partial charge >= 0.3 is 0 Å². The molecular weight excluding hydrogens is 248 g/mol. The van der Waals surface area contributed by atoms with Crippen molar-refractivity contribution in [1.29, 1.82) is 0 Å². The molecule has 0 amide bonds. The highest BCUT2D eigenvalue weighted by atomic mass is 16.5. The van der Waals surface area contributed by atoms with E-state index in [-0.39, 0.29) is 17.1 Å². The number of hydrazine groups is 1. The van der Waals surface area contributed by atoms with Crippen molar-refractivity contribution in [1.82, 2.24) is 5.43 Å². The van der Waals surface area contributed by atoms with Gasteiger partial charge in [0, 0.05) is 7.11 Å². The summed E-state index contributed by atoms with van der Waals surface area (Å²) >= 11 is 0. The molecule has 1 aliphatic carbocycles. The second kappa shape index (κ2) is 5.84. The summed E-state index contributed by atoms with van der Waals surface area (Å²) < 4.78 is 5.73. The second-order valence-corrected chi connectivity index (χ2v) is 6.99. The summed E-state index contributed by atoms with van der Waals surface area (Å²) in [4.78, 5) is 0. The maximum Gasteiger partial charge on any atom is 0.0847 e. The predicted molar refractivity (Wildman–Crippen MR) is 83.5 cm³/mol. The lowest BCUT2D eigenvalue weighted by Crippen LogP contribution is -2.59. The van der Waals surface area contributed by atoms with Gasteiger partial charge in [-0.05, 0) is 42.2 Å². The van der Waals surface area contributed by atoms with Crippen LogP contribution in [-0.2, 0) is 16.6 Å². The fraction of sp³-hybridized carbons (Fsp3) is 0.647. The standard InChI is InChI=1S/C17H28N2O/c1-16(2,3)14-8-6-13(7-9-14)12-15(19-18)17(20-4)10-5-11-17/h6-9,15,19H,5,10-12,18H2,1-4H3. The summed E-state index contributed by atoms with van der Waals surface area (Å²) in [5.41, 5.74) is 5.77. The van der Waals surface area contributed by atoms with E-state index < -0.39 is 0 Å². The van der Waals surface area contributed by atoms with E-state index in [1.165, 1.54) is 17.5 Å². The van der Waals surface area contributed by atoms with Crippen molar-refractivity contribution >= 4 is 0 Å². The number of ether oxygens (including phenoxy) is 1. The quantitative estimate of drug-likeness (QED) is 0.642. The van der Waals surface area contributed by atoms with Gasteiger partial charge in [0.1, 0.15) is 0 Å². The minimum absolute atomic E-state index is 0.0720. The predicted octanol–water partition coefficient (Wildman–Crippen LogP) is 2.93. The summed E-state index contributed by atoms with van der Waals surface area (Å²) in [6.45, 7) is 6.71. The van der Waals surface area contributed by atoms with E-state index in [2.05, 4.69) is 50.5 Å². The van der Waals surface area contributed by atoms with Crippen LogP contribution >= 0.6 is 0 Å². The van der Waals surface area contributed by atoms with Crippen molar-refractivity contribution in [2.24, 2.45) is 5.84 Å². The van der Waals surface area contributed by atoms with E-state index in [0.717, 1.165) is 19.3 Å². The lowest BCUT2D eigenvalue weighted by atomic mass is 9.73. The molecule has 3 N–H and O–H groups in total. The van der Waals surface area contributed by atoms with Crippen molar-refractivity contribution in [2.45, 2.75) is 63.5 Å². The van der Waals surface area contributed by atoms with Crippen LogP contribution in [0.4, 0.5) is 0 Å². The van der Waals surface area contributed by atoms with Crippen molar-refractivity contribution in [2.75, 3.05) is 7.11 Å². The molecule has 2 rings (SSSR count). The number of rotatable bonds is 5. The van der Waals surface area contributed by atoms with Gasteiger partial charge in [0.05, 0.1) is 11.6 Å². The number of nitrogens with two attached hydrogens (primary N) is 1. The molecule has 112 valence electrons. The first kappa shape index (κ1) is 15.5. The molecule has 0 bridgehead atoms. The zero-order chi connectivity index (χ0) is 14.8. The molecule has 0 heterocycles. The van der Waals surface area contributed by atoms with E-state index in [9.17, 15) is 0 Å². The maximum atomic E-state index is 5.76. The molecule has 0 aliphatic heterocycles. The Hall–Kier alpha value is -0.900. The Labute approximate surface area is 122 Å². The van der Waals surface area contributed by atoms with Gasteiger partial charge in [0.25, 0.3) is 0 Å². The van der Waals surface area contributed by atoms with Gasteiger partial charge in [-0.2, -0.15) is 0 Å². The van der Waals surface area contributed by atoms with Gasteiger partial charge in [-0.25, -0.2) is 0 Å². The van der Waals surface area contributed by atoms with Gasteiger partial charge < -0.3 is 4.74 Å². The molecule has 1 fully saturated rings. The molecular formula is C17H28N2O. The number of nitrogens with one attached hydrogen (secondary N) is 1. The molecule has 0 spiro atoms. The van der Waals surface area contributed by atoms with Crippen LogP contribution in [0.3, 0.4) is 0 Å². The van der Waals surface area contributed by atoms with Crippen molar-refractivity contribution in [3.05, 3.63) is 35.4 Å². The molecule has 20 heavy (non-hydrogen) atoms. The van der Waals surface area contributed by atoms with E-state index >= 15 is 0 Å². The van der Waals surface area contributed by atoms with Crippen LogP contribution in [0.2, 0.25) is 0 Å².